The molecule has 0 fully saturated rings. The third-order valence-electron chi connectivity index (χ3n) is 3.88. The molecular formula is C18H19F2NO2. The van der Waals surface area contributed by atoms with E-state index in [-0.39, 0.29) is 5.56 Å². The predicted octanol–water partition coefficient (Wildman–Crippen LogP) is 3.41. The standard InChI is InChI=1S/C18H19F2NO2/c1-13(14-9-5-3-6-10-14)21-16(22)18(19,20)17(2,23)15-11-7-4-8-12-15/h3-13,23H,1-2H3,(H,21,22)/t13-,17+/m0/s1. The molecule has 2 N–H and O–H groups in total. The number of halogens is 2. The number of aliphatic hydroxyl groups is 1. The van der Waals surface area contributed by atoms with E-state index < -0.39 is 23.5 Å². The van der Waals surface area contributed by atoms with Crippen molar-refractivity contribution in [2.75, 3.05) is 0 Å². The van der Waals surface area contributed by atoms with Crippen molar-refractivity contribution in [2.24, 2.45) is 0 Å². The summed E-state index contributed by atoms with van der Waals surface area (Å²) in [6, 6.07) is 15.6. The maximum atomic E-state index is 14.5. The Bertz CT molecular complexity index is 657. The molecule has 0 saturated carbocycles. The molecule has 2 aromatic rings. The Labute approximate surface area is 134 Å². The lowest BCUT2D eigenvalue weighted by Gasteiger charge is -2.32. The number of alkyl halides is 2. The molecule has 0 heterocycles. The normalized spacial score (nSPS) is 15.5. The van der Waals surface area contributed by atoms with E-state index in [1.807, 2.05) is 0 Å². The summed E-state index contributed by atoms with van der Waals surface area (Å²) in [6.45, 7) is 2.55. The van der Waals surface area contributed by atoms with Crippen LogP contribution < -0.4 is 5.32 Å². The fourth-order valence-corrected chi connectivity index (χ4v) is 2.28. The van der Waals surface area contributed by atoms with Gasteiger partial charge in [-0.1, -0.05) is 60.7 Å². The summed E-state index contributed by atoms with van der Waals surface area (Å²) >= 11 is 0. The number of carbonyl (C=O) groups is 1. The van der Waals surface area contributed by atoms with E-state index in [1.54, 1.807) is 43.3 Å². The molecule has 122 valence electrons. The highest BCUT2D eigenvalue weighted by atomic mass is 19.3. The second-order valence-corrected chi connectivity index (χ2v) is 5.62. The van der Waals surface area contributed by atoms with Crippen LogP contribution in [0.25, 0.3) is 0 Å². The third-order valence-corrected chi connectivity index (χ3v) is 3.88. The zero-order valence-electron chi connectivity index (χ0n) is 13.0. The summed E-state index contributed by atoms with van der Waals surface area (Å²) in [5.41, 5.74) is -1.92. The summed E-state index contributed by atoms with van der Waals surface area (Å²) in [5.74, 6) is -5.49. The van der Waals surface area contributed by atoms with E-state index in [9.17, 15) is 18.7 Å². The van der Waals surface area contributed by atoms with E-state index in [2.05, 4.69) is 5.32 Å². The highest BCUT2D eigenvalue weighted by Crippen LogP contribution is 2.37. The van der Waals surface area contributed by atoms with Crippen LogP contribution in [0.4, 0.5) is 8.78 Å². The van der Waals surface area contributed by atoms with Gasteiger partial charge >= 0.3 is 5.92 Å². The van der Waals surface area contributed by atoms with Gasteiger partial charge in [-0.3, -0.25) is 4.79 Å². The molecule has 0 unspecified atom stereocenters. The number of hydrogen-bond donors (Lipinski definition) is 2. The molecule has 0 bridgehead atoms. The third kappa shape index (κ3) is 3.40. The summed E-state index contributed by atoms with van der Waals surface area (Å²) in [7, 11) is 0. The van der Waals surface area contributed by atoms with Gasteiger partial charge in [-0.2, -0.15) is 8.78 Å². The van der Waals surface area contributed by atoms with E-state index in [4.69, 9.17) is 0 Å². The number of benzene rings is 2. The first-order valence-corrected chi connectivity index (χ1v) is 7.28. The second kappa shape index (κ2) is 6.46. The number of carbonyl (C=O) groups excluding carboxylic acids is 1. The molecule has 0 aliphatic heterocycles. The number of rotatable bonds is 5. The lowest BCUT2D eigenvalue weighted by molar-refractivity contribution is -0.191. The first-order chi connectivity index (χ1) is 10.8. The predicted molar refractivity (Wildman–Crippen MR) is 84.0 cm³/mol. The van der Waals surface area contributed by atoms with E-state index >= 15 is 0 Å². The van der Waals surface area contributed by atoms with Crippen molar-refractivity contribution in [3.8, 4) is 0 Å². The van der Waals surface area contributed by atoms with Gasteiger partial charge in [0.05, 0.1) is 6.04 Å². The van der Waals surface area contributed by atoms with Crippen molar-refractivity contribution in [3.05, 3.63) is 71.8 Å². The Morgan fingerprint density at radius 2 is 1.52 bits per heavy atom. The molecule has 0 saturated heterocycles. The lowest BCUT2D eigenvalue weighted by atomic mass is 9.88. The molecule has 0 aromatic heterocycles. The monoisotopic (exact) mass is 319 g/mol. The smallest absolute Gasteiger partial charge is 0.356 e. The quantitative estimate of drug-likeness (QED) is 0.887. The minimum Gasteiger partial charge on any atom is -0.379 e. The molecule has 0 spiro atoms. The molecule has 2 rings (SSSR count). The summed E-state index contributed by atoms with van der Waals surface area (Å²) in [6.07, 6.45) is 0. The zero-order valence-corrected chi connectivity index (χ0v) is 13.0. The van der Waals surface area contributed by atoms with Crippen LogP contribution in [0.15, 0.2) is 60.7 Å². The topological polar surface area (TPSA) is 49.3 Å². The van der Waals surface area contributed by atoms with Gasteiger partial charge in [0.1, 0.15) is 0 Å². The molecular weight excluding hydrogens is 300 g/mol. The highest BCUT2D eigenvalue weighted by molar-refractivity contribution is 5.85. The Morgan fingerprint density at radius 1 is 1.04 bits per heavy atom. The SMILES string of the molecule is C[C@H](NC(=O)C(F)(F)[C@](C)(O)c1ccccc1)c1ccccc1. The van der Waals surface area contributed by atoms with Crippen LogP contribution in [0.2, 0.25) is 0 Å². The van der Waals surface area contributed by atoms with Crippen molar-refractivity contribution in [2.45, 2.75) is 31.4 Å². The number of nitrogens with one attached hydrogen (secondary N) is 1. The van der Waals surface area contributed by atoms with Crippen molar-refractivity contribution < 1.29 is 18.7 Å². The molecule has 0 aliphatic carbocycles. The fourth-order valence-electron chi connectivity index (χ4n) is 2.28. The number of hydrogen-bond acceptors (Lipinski definition) is 2. The highest BCUT2D eigenvalue weighted by Gasteiger charge is 2.56. The molecule has 3 nitrogen and oxygen atoms in total. The van der Waals surface area contributed by atoms with E-state index in [0.717, 1.165) is 6.92 Å². The molecule has 0 radical (unpaired) electrons. The van der Waals surface area contributed by atoms with Gasteiger partial charge in [-0.05, 0) is 25.0 Å². The van der Waals surface area contributed by atoms with E-state index in [1.165, 1.54) is 24.3 Å². The van der Waals surface area contributed by atoms with Crippen LogP contribution >= 0.6 is 0 Å². The molecule has 0 aliphatic rings. The van der Waals surface area contributed by atoms with Gasteiger partial charge in [-0.25, -0.2) is 0 Å². The second-order valence-electron chi connectivity index (χ2n) is 5.62. The van der Waals surface area contributed by atoms with Crippen LogP contribution in [0.1, 0.15) is 31.0 Å². The van der Waals surface area contributed by atoms with Gasteiger partial charge in [0.15, 0.2) is 5.60 Å². The first kappa shape index (κ1) is 17.1. The van der Waals surface area contributed by atoms with Crippen molar-refractivity contribution in [3.63, 3.8) is 0 Å². The van der Waals surface area contributed by atoms with Crippen LogP contribution in [-0.2, 0) is 10.4 Å². The fraction of sp³-hybridized carbons (Fsp3) is 0.278. The van der Waals surface area contributed by atoms with Crippen LogP contribution in [0.3, 0.4) is 0 Å². The average Bonchev–Trinajstić information content (AvgIpc) is 2.56. The largest absolute Gasteiger partial charge is 0.379 e. The lowest BCUT2D eigenvalue weighted by Crippen LogP contribution is -2.54. The van der Waals surface area contributed by atoms with Crippen LogP contribution in [0.5, 0.6) is 0 Å². The van der Waals surface area contributed by atoms with Gasteiger partial charge in [0.25, 0.3) is 5.91 Å². The van der Waals surface area contributed by atoms with Crippen LogP contribution in [-0.4, -0.2) is 16.9 Å². The maximum absolute atomic E-state index is 14.5. The first-order valence-electron chi connectivity index (χ1n) is 7.28. The minimum absolute atomic E-state index is 0.0208. The number of amides is 1. The Morgan fingerprint density at radius 3 is 2.04 bits per heavy atom. The Balaban J connectivity index is 2.20. The van der Waals surface area contributed by atoms with Gasteiger partial charge in [0, 0.05) is 0 Å². The van der Waals surface area contributed by atoms with Crippen molar-refractivity contribution in [1.29, 1.82) is 0 Å². The summed E-state index contributed by atoms with van der Waals surface area (Å²) in [4.78, 5) is 12.0. The van der Waals surface area contributed by atoms with Crippen molar-refractivity contribution in [1.82, 2.24) is 5.32 Å². The Kier molecular flexibility index (Phi) is 4.80. The van der Waals surface area contributed by atoms with Crippen LogP contribution in [0, 0.1) is 0 Å². The molecule has 2 aromatic carbocycles. The molecule has 1 amide bonds. The van der Waals surface area contributed by atoms with Gasteiger partial charge < -0.3 is 10.4 Å². The maximum Gasteiger partial charge on any atom is 0.356 e. The molecule has 23 heavy (non-hydrogen) atoms. The van der Waals surface area contributed by atoms with Gasteiger partial charge in [0.2, 0.25) is 0 Å². The van der Waals surface area contributed by atoms with Crippen molar-refractivity contribution >= 4 is 5.91 Å². The average molecular weight is 319 g/mol. The molecule has 5 heteroatoms. The van der Waals surface area contributed by atoms with E-state index in [0.29, 0.717) is 5.56 Å². The zero-order chi connectivity index (χ0) is 17.1. The minimum atomic E-state index is -3.97. The summed E-state index contributed by atoms with van der Waals surface area (Å²) < 4.78 is 29.0. The Hall–Kier alpha value is -2.27. The molecule has 2 atom stereocenters. The van der Waals surface area contributed by atoms with Gasteiger partial charge in [-0.15, -0.1) is 0 Å². The summed E-state index contributed by atoms with van der Waals surface area (Å²) in [5, 5.41) is 12.5.